The molecule has 0 aliphatic carbocycles. The lowest BCUT2D eigenvalue weighted by molar-refractivity contribution is -0.137. The molecule has 2 aromatic carbocycles. The predicted molar refractivity (Wildman–Crippen MR) is 80.8 cm³/mol. The lowest BCUT2D eigenvalue weighted by atomic mass is 10.2. The Morgan fingerprint density at radius 3 is 2.36 bits per heavy atom. The molecule has 1 aromatic heterocycles. The van der Waals surface area contributed by atoms with Crippen molar-refractivity contribution < 1.29 is 21.6 Å². The van der Waals surface area contributed by atoms with Crippen LogP contribution in [0.25, 0.3) is 5.69 Å². The molecule has 130 valence electrons. The van der Waals surface area contributed by atoms with E-state index in [9.17, 15) is 21.6 Å². The first kappa shape index (κ1) is 17.1. The zero-order chi connectivity index (χ0) is 18.2. The average molecular weight is 368 g/mol. The Kier molecular flexibility index (Phi) is 4.07. The van der Waals surface area contributed by atoms with Crippen molar-refractivity contribution >= 4 is 9.84 Å². The minimum absolute atomic E-state index is 0.0545. The molecule has 6 nitrogen and oxygen atoms in total. The molecule has 0 aliphatic heterocycles. The predicted octanol–water partition coefficient (Wildman–Crippen LogP) is 2.82. The monoisotopic (exact) mass is 368 g/mol. The SMILES string of the molecule is Cc1ccc(S(=O)(=O)c2nnnn2-c2cccc(C(F)(F)F)c2)cc1. The van der Waals surface area contributed by atoms with E-state index in [1.807, 2.05) is 0 Å². The van der Waals surface area contributed by atoms with Gasteiger partial charge in [0.2, 0.25) is 9.84 Å². The highest BCUT2D eigenvalue weighted by Gasteiger charge is 2.32. The number of alkyl halides is 3. The third-order valence-electron chi connectivity index (χ3n) is 3.43. The summed E-state index contributed by atoms with van der Waals surface area (Å²) in [5.41, 5.74) is -0.180. The zero-order valence-electron chi connectivity index (χ0n) is 12.8. The van der Waals surface area contributed by atoms with E-state index in [1.54, 1.807) is 19.1 Å². The van der Waals surface area contributed by atoms with Gasteiger partial charge in [-0.1, -0.05) is 28.9 Å². The van der Waals surface area contributed by atoms with Gasteiger partial charge in [-0.15, -0.1) is 0 Å². The minimum atomic E-state index is -4.57. The number of benzene rings is 2. The maximum Gasteiger partial charge on any atom is 0.416 e. The molecule has 0 atom stereocenters. The lowest BCUT2D eigenvalue weighted by Gasteiger charge is -2.10. The van der Waals surface area contributed by atoms with Crippen molar-refractivity contribution in [3.05, 3.63) is 59.7 Å². The van der Waals surface area contributed by atoms with Crippen LogP contribution in [0.15, 0.2) is 58.6 Å². The van der Waals surface area contributed by atoms with Gasteiger partial charge in [0.1, 0.15) is 0 Å². The molecule has 0 fully saturated rings. The molecule has 3 aromatic rings. The molecule has 0 saturated carbocycles. The Labute approximate surface area is 140 Å². The Balaban J connectivity index is 2.11. The highest BCUT2D eigenvalue weighted by atomic mass is 32.2. The van der Waals surface area contributed by atoms with Crippen molar-refractivity contribution in [3.63, 3.8) is 0 Å². The van der Waals surface area contributed by atoms with E-state index in [4.69, 9.17) is 0 Å². The topological polar surface area (TPSA) is 77.7 Å². The Morgan fingerprint density at radius 1 is 1.04 bits per heavy atom. The van der Waals surface area contributed by atoms with Crippen LogP contribution < -0.4 is 0 Å². The molecule has 1 heterocycles. The third kappa shape index (κ3) is 3.25. The van der Waals surface area contributed by atoms with E-state index in [0.717, 1.165) is 28.4 Å². The Hall–Kier alpha value is -2.75. The molecular weight excluding hydrogens is 357 g/mol. The molecule has 0 saturated heterocycles. The molecule has 0 aliphatic rings. The van der Waals surface area contributed by atoms with Crippen LogP contribution in [0.3, 0.4) is 0 Å². The van der Waals surface area contributed by atoms with E-state index in [2.05, 4.69) is 15.5 Å². The molecule has 10 heteroatoms. The van der Waals surface area contributed by atoms with E-state index >= 15 is 0 Å². The van der Waals surface area contributed by atoms with Gasteiger partial charge in [-0.25, -0.2) is 8.42 Å². The second kappa shape index (κ2) is 5.96. The summed E-state index contributed by atoms with van der Waals surface area (Å²) in [6.07, 6.45) is -4.57. The van der Waals surface area contributed by atoms with Crippen molar-refractivity contribution in [2.75, 3.05) is 0 Å². The fourth-order valence-electron chi connectivity index (χ4n) is 2.15. The molecule has 0 spiro atoms. The van der Waals surface area contributed by atoms with Gasteiger partial charge in [0.25, 0.3) is 5.16 Å². The van der Waals surface area contributed by atoms with Gasteiger partial charge in [-0.2, -0.15) is 17.9 Å². The van der Waals surface area contributed by atoms with Crippen LogP contribution in [-0.2, 0) is 16.0 Å². The van der Waals surface area contributed by atoms with Gasteiger partial charge in [-0.3, -0.25) is 0 Å². The van der Waals surface area contributed by atoms with Gasteiger partial charge >= 0.3 is 6.18 Å². The van der Waals surface area contributed by atoms with Gasteiger partial charge in [-0.05, 0) is 47.7 Å². The first-order chi connectivity index (χ1) is 11.7. The summed E-state index contributed by atoms with van der Waals surface area (Å²) in [4.78, 5) is -0.0545. The first-order valence-corrected chi connectivity index (χ1v) is 8.46. The summed E-state index contributed by atoms with van der Waals surface area (Å²) in [5.74, 6) is 0. The number of nitrogens with zero attached hydrogens (tertiary/aromatic N) is 4. The fraction of sp³-hybridized carbons (Fsp3) is 0.133. The summed E-state index contributed by atoms with van der Waals surface area (Å²) in [7, 11) is -4.09. The van der Waals surface area contributed by atoms with Gasteiger partial charge in [0.15, 0.2) is 0 Å². The van der Waals surface area contributed by atoms with E-state index in [0.29, 0.717) is 0 Å². The Bertz CT molecular complexity index is 1010. The Morgan fingerprint density at radius 2 is 1.72 bits per heavy atom. The van der Waals surface area contributed by atoms with Crippen LogP contribution in [0.1, 0.15) is 11.1 Å². The van der Waals surface area contributed by atoms with Crippen LogP contribution >= 0.6 is 0 Å². The highest BCUT2D eigenvalue weighted by molar-refractivity contribution is 7.91. The van der Waals surface area contributed by atoms with Crippen molar-refractivity contribution in [2.45, 2.75) is 23.2 Å². The second-order valence-corrected chi connectivity index (χ2v) is 7.08. The average Bonchev–Trinajstić information content (AvgIpc) is 3.05. The molecule has 0 amide bonds. The second-order valence-electron chi connectivity index (χ2n) is 5.24. The van der Waals surface area contributed by atoms with Crippen LogP contribution in [-0.4, -0.2) is 28.6 Å². The number of sulfone groups is 1. The van der Waals surface area contributed by atoms with Gasteiger partial charge in [0.05, 0.1) is 16.1 Å². The first-order valence-electron chi connectivity index (χ1n) is 6.97. The quantitative estimate of drug-likeness (QED) is 0.710. The number of halogens is 3. The molecule has 0 N–H and O–H groups in total. The summed E-state index contributed by atoms with van der Waals surface area (Å²) in [5, 5.41) is 9.76. The maximum absolute atomic E-state index is 12.9. The number of hydrogen-bond donors (Lipinski definition) is 0. The number of hydrogen-bond acceptors (Lipinski definition) is 5. The molecule has 0 unspecified atom stereocenters. The minimum Gasteiger partial charge on any atom is -0.215 e. The maximum atomic E-state index is 12.9. The van der Waals surface area contributed by atoms with Crippen LogP contribution in [0.4, 0.5) is 13.2 Å². The summed E-state index contributed by atoms with van der Waals surface area (Å²) >= 11 is 0. The van der Waals surface area contributed by atoms with Crippen molar-refractivity contribution in [1.82, 2.24) is 20.2 Å². The number of tetrazole rings is 1. The molecule has 0 bridgehead atoms. The molecule has 0 radical (unpaired) electrons. The summed E-state index contributed by atoms with van der Waals surface area (Å²) in [6, 6.07) is 10.1. The van der Waals surface area contributed by atoms with Gasteiger partial charge in [0, 0.05) is 0 Å². The van der Waals surface area contributed by atoms with Crippen LogP contribution in [0.5, 0.6) is 0 Å². The largest absolute Gasteiger partial charge is 0.416 e. The van der Waals surface area contributed by atoms with Crippen molar-refractivity contribution in [1.29, 1.82) is 0 Å². The van der Waals surface area contributed by atoms with E-state index in [1.165, 1.54) is 18.2 Å². The number of aromatic nitrogens is 4. The smallest absolute Gasteiger partial charge is 0.215 e. The molecule has 3 rings (SSSR count). The number of aryl methyl sites for hydroxylation is 1. The summed E-state index contributed by atoms with van der Waals surface area (Å²) < 4.78 is 64.8. The zero-order valence-corrected chi connectivity index (χ0v) is 13.6. The van der Waals surface area contributed by atoms with Crippen LogP contribution in [0, 0.1) is 6.92 Å². The highest BCUT2D eigenvalue weighted by Crippen LogP contribution is 2.30. The third-order valence-corrected chi connectivity index (χ3v) is 5.06. The van der Waals surface area contributed by atoms with Gasteiger partial charge < -0.3 is 0 Å². The summed E-state index contributed by atoms with van der Waals surface area (Å²) in [6.45, 7) is 1.79. The normalized spacial score (nSPS) is 12.3. The molecule has 25 heavy (non-hydrogen) atoms. The fourth-order valence-corrected chi connectivity index (χ4v) is 3.36. The van der Waals surface area contributed by atoms with Crippen LogP contribution in [0.2, 0.25) is 0 Å². The lowest BCUT2D eigenvalue weighted by Crippen LogP contribution is -2.12. The molecular formula is C15H11F3N4O2S. The number of rotatable bonds is 3. The van der Waals surface area contributed by atoms with E-state index in [-0.39, 0.29) is 10.6 Å². The standard InChI is InChI=1S/C15H11F3N4O2S/c1-10-5-7-13(8-6-10)25(23,24)14-19-20-21-22(14)12-4-2-3-11(9-12)15(16,17)18/h2-9H,1H3. The van der Waals surface area contributed by atoms with E-state index < -0.39 is 26.7 Å². The van der Waals surface area contributed by atoms with Crippen molar-refractivity contribution in [3.8, 4) is 5.69 Å². The van der Waals surface area contributed by atoms with Crippen molar-refractivity contribution in [2.24, 2.45) is 0 Å².